The molecule has 0 bridgehead atoms. The van der Waals surface area contributed by atoms with Crippen LogP contribution in [0.3, 0.4) is 0 Å². The van der Waals surface area contributed by atoms with Crippen molar-refractivity contribution < 1.29 is 0 Å². The van der Waals surface area contributed by atoms with Crippen LogP contribution in [0.15, 0.2) is 59.5 Å². The van der Waals surface area contributed by atoms with E-state index in [0.717, 1.165) is 27.1 Å². The Balaban J connectivity index is 1.68. The van der Waals surface area contributed by atoms with Crippen molar-refractivity contribution in [2.24, 2.45) is 0 Å². The van der Waals surface area contributed by atoms with E-state index in [1.165, 1.54) is 0 Å². The normalized spacial score (nSPS) is 10.3. The molecule has 2 heterocycles. The van der Waals surface area contributed by atoms with Crippen molar-refractivity contribution in [1.82, 2.24) is 15.0 Å². The summed E-state index contributed by atoms with van der Waals surface area (Å²) in [5, 5.41) is 6.48. The summed E-state index contributed by atoms with van der Waals surface area (Å²) in [7, 11) is 0. The quantitative estimate of drug-likeness (QED) is 0.701. The van der Waals surface area contributed by atoms with Crippen molar-refractivity contribution in [1.29, 1.82) is 0 Å². The summed E-state index contributed by atoms with van der Waals surface area (Å²) in [4.78, 5) is 12.8. The Bertz CT molecular complexity index is 792. The molecule has 0 saturated heterocycles. The molecule has 0 amide bonds. The van der Waals surface area contributed by atoms with Crippen LogP contribution in [-0.4, -0.2) is 15.0 Å². The van der Waals surface area contributed by atoms with Crippen LogP contribution < -0.4 is 10.6 Å². The second kappa shape index (κ2) is 7.19. The highest BCUT2D eigenvalue weighted by atomic mass is 79.9. The van der Waals surface area contributed by atoms with E-state index in [9.17, 15) is 0 Å². The summed E-state index contributed by atoms with van der Waals surface area (Å²) < 4.78 is 1.08. The average molecular weight is 370 g/mol. The standard InChI is InChI=1S/C17H16BrN5/c1-12-9-14(4-5-15(12)18)22-17-20-8-6-16(23-17)21-11-13-3-2-7-19-10-13/h2-10H,11H2,1H3,(H2,20,21,22,23). The zero-order valence-corrected chi connectivity index (χ0v) is 14.2. The van der Waals surface area contributed by atoms with Crippen molar-refractivity contribution in [3.8, 4) is 0 Å². The third-order valence-corrected chi connectivity index (χ3v) is 4.16. The zero-order chi connectivity index (χ0) is 16.1. The monoisotopic (exact) mass is 369 g/mol. The minimum atomic E-state index is 0.558. The maximum atomic E-state index is 4.47. The number of hydrogen-bond donors (Lipinski definition) is 2. The molecule has 5 nitrogen and oxygen atoms in total. The SMILES string of the molecule is Cc1cc(Nc2nccc(NCc3cccnc3)n2)ccc1Br. The van der Waals surface area contributed by atoms with Gasteiger partial charge in [0.15, 0.2) is 0 Å². The smallest absolute Gasteiger partial charge is 0.229 e. The minimum absolute atomic E-state index is 0.558. The van der Waals surface area contributed by atoms with Gasteiger partial charge in [-0.25, -0.2) is 4.98 Å². The highest BCUT2D eigenvalue weighted by Gasteiger charge is 2.02. The first kappa shape index (κ1) is 15.4. The molecular weight excluding hydrogens is 354 g/mol. The van der Waals surface area contributed by atoms with E-state index in [2.05, 4.69) is 41.5 Å². The Morgan fingerprint density at radius 2 is 2.04 bits per heavy atom. The van der Waals surface area contributed by atoms with Gasteiger partial charge in [-0.1, -0.05) is 22.0 Å². The molecule has 0 aliphatic heterocycles. The molecule has 6 heteroatoms. The second-order valence-electron chi connectivity index (χ2n) is 5.07. The maximum Gasteiger partial charge on any atom is 0.229 e. The second-order valence-corrected chi connectivity index (χ2v) is 5.92. The van der Waals surface area contributed by atoms with Gasteiger partial charge in [-0.3, -0.25) is 4.98 Å². The molecule has 3 rings (SSSR count). The van der Waals surface area contributed by atoms with Crippen molar-refractivity contribution in [2.75, 3.05) is 10.6 Å². The van der Waals surface area contributed by atoms with Crippen LogP contribution in [0.5, 0.6) is 0 Å². The Labute approximate surface area is 143 Å². The molecule has 2 aromatic heterocycles. The molecule has 0 fully saturated rings. The van der Waals surface area contributed by atoms with Crippen LogP contribution in [-0.2, 0) is 6.54 Å². The Morgan fingerprint density at radius 3 is 2.83 bits per heavy atom. The third kappa shape index (κ3) is 4.26. The molecule has 2 N–H and O–H groups in total. The van der Waals surface area contributed by atoms with Crippen molar-refractivity contribution in [2.45, 2.75) is 13.5 Å². The fourth-order valence-electron chi connectivity index (χ4n) is 2.06. The molecule has 0 unspecified atom stereocenters. The van der Waals surface area contributed by atoms with Crippen molar-refractivity contribution in [3.63, 3.8) is 0 Å². The number of pyridine rings is 1. The summed E-state index contributed by atoms with van der Waals surface area (Å²) in [6, 6.07) is 11.8. The van der Waals surface area contributed by atoms with Crippen LogP contribution in [0, 0.1) is 6.92 Å². The lowest BCUT2D eigenvalue weighted by molar-refractivity contribution is 1.07. The molecule has 1 aromatic carbocycles. The van der Waals surface area contributed by atoms with E-state index in [1.54, 1.807) is 12.4 Å². The van der Waals surface area contributed by atoms with Crippen molar-refractivity contribution in [3.05, 3.63) is 70.6 Å². The van der Waals surface area contributed by atoms with E-state index in [0.29, 0.717) is 12.5 Å². The fourth-order valence-corrected chi connectivity index (χ4v) is 2.31. The van der Waals surface area contributed by atoms with Crippen LogP contribution in [0.25, 0.3) is 0 Å². The minimum Gasteiger partial charge on any atom is -0.366 e. The molecule has 0 aliphatic rings. The van der Waals surface area contributed by atoms with E-state index < -0.39 is 0 Å². The third-order valence-electron chi connectivity index (χ3n) is 3.27. The van der Waals surface area contributed by atoms with Gasteiger partial charge in [0.25, 0.3) is 0 Å². The molecule has 0 radical (unpaired) electrons. The largest absolute Gasteiger partial charge is 0.366 e. The van der Waals surface area contributed by atoms with E-state index >= 15 is 0 Å². The lowest BCUT2D eigenvalue weighted by Crippen LogP contribution is -2.04. The average Bonchev–Trinajstić information content (AvgIpc) is 2.58. The molecular formula is C17H16BrN5. The maximum absolute atomic E-state index is 4.47. The van der Waals surface area contributed by atoms with Gasteiger partial charge in [-0.05, 0) is 48.4 Å². The van der Waals surface area contributed by atoms with Crippen molar-refractivity contribution >= 4 is 33.4 Å². The first-order valence-electron chi connectivity index (χ1n) is 7.20. The summed E-state index contributed by atoms with van der Waals surface area (Å²) in [5.74, 6) is 1.32. The lowest BCUT2D eigenvalue weighted by Gasteiger charge is -2.09. The van der Waals surface area contributed by atoms with Crippen LogP contribution in [0.1, 0.15) is 11.1 Å². The van der Waals surface area contributed by atoms with Gasteiger partial charge in [0.1, 0.15) is 5.82 Å². The highest BCUT2D eigenvalue weighted by Crippen LogP contribution is 2.22. The number of aromatic nitrogens is 3. The summed E-state index contributed by atoms with van der Waals surface area (Å²) in [6.07, 6.45) is 5.32. The van der Waals surface area contributed by atoms with E-state index in [4.69, 9.17) is 0 Å². The predicted molar refractivity (Wildman–Crippen MR) is 95.8 cm³/mol. The first-order chi connectivity index (χ1) is 11.2. The number of anilines is 3. The van der Waals surface area contributed by atoms with Gasteiger partial charge in [0.2, 0.25) is 5.95 Å². The van der Waals surface area contributed by atoms with Crippen LogP contribution >= 0.6 is 15.9 Å². The highest BCUT2D eigenvalue weighted by molar-refractivity contribution is 9.10. The number of halogens is 1. The number of nitrogens with zero attached hydrogens (tertiary/aromatic N) is 3. The number of rotatable bonds is 5. The topological polar surface area (TPSA) is 62.7 Å². The molecule has 0 spiro atoms. The van der Waals surface area contributed by atoms with Crippen LogP contribution in [0.4, 0.5) is 17.5 Å². The van der Waals surface area contributed by atoms with Crippen LogP contribution in [0.2, 0.25) is 0 Å². The number of aryl methyl sites for hydroxylation is 1. The lowest BCUT2D eigenvalue weighted by atomic mass is 10.2. The fraction of sp³-hybridized carbons (Fsp3) is 0.118. The molecule has 23 heavy (non-hydrogen) atoms. The number of benzene rings is 1. The van der Waals surface area contributed by atoms with Gasteiger partial charge in [-0.15, -0.1) is 0 Å². The Hall–Kier alpha value is -2.47. The van der Waals surface area contributed by atoms with E-state index in [1.807, 2.05) is 49.5 Å². The molecule has 0 atom stereocenters. The Morgan fingerprint density at radius 1 is 1.13 bits per heavy atom. The zero-order valence-electron chi connectivity index (χ0n) is 12.6. The molecule has 0 saturated carbocycles. The van der Waals surface area contributed by atoms with Gasteiger partial charge in [-0.2, -0.15) is 4.98 Å². The summed E-state index contributed by atoms with van der Waals surface area (Å²) >= 11 is 3.49. The molecule has 0 aliphatic carbocycles. The van der Waals surface area contributed by atoms with Gasteiger partial charge in [0.05, 0.1) is 0 Å². The summed E-state index contributed by atoms with van der Waals surface area (Å²) in [5.41, 5.74) is 3.21. The first-order valence-corrected chi connectivity index (χ1v) is 7.99. The van der Waals surface area contributed by atoms with Gasteiger partial charge in [0, 0.05) is 35.3 Å². The number of hydrogen-bond acceptors (Lipinski definition) is 5. The van der Waals surface area contributed by atoms with E-state index in [-0.39, 0.29) is 0 Å². The molecule has 3 aromatic rings. The van der Waals surface area contributed by atoms with Gasteiger partial charge >= 0.3 is 0 Å². The Kier molecular flexibility index (Phi) is 4.83. The van der Waals surface area contributed by atoms with Gasteiger partial charge < -0.3 is 10.6 Å². The molecule has 116 valence electrons. The summed E-state index contributed by atoms with van der Waals surface area (Å²) in [6.45, 7) is 2.71. The predicted octanol–water partition coefficient (Wildman–Crippen LogP) is 4.30. The number of nitrogens with one attached hydrogen (secondary N) is 2.